The number of carboxylic acids is 1. The van der Waals surface area contributed by atoms with Gasteiger partial charge in [0.1, 0.15) is 10.7 Å². The van der Waals surface area contributed by atoms with Crippen LogP contribution in [0.4, 0.5) is 0 Å². The highest BCUT2D eigenvalue weighted by Gasteiger charge is 2.17. The summed E-state index contributed by atoms with van der Waals surface area (Å²) in [5.41, 5.74) is 0.220. The summed E-state index contributed by atoms with van der Waals surface area (Å²) in [6.45, 7) is 5.09. The topological polar surface area (TPSA) is 60.4 Å². The van der Waals surface area contributed by atoms with E-state index in [2.05, 4.69) is 0 Å². The van der Waals surface area contributed by atoms with E-state index in [1.54, 1.807) is 6.92 Å². The quantitative estimate of drug-likeness (QED) is 0.540. The zero-order chi connectivity index (χ0) is 9.72. The van der Waals surface area contributed by atoms with Crippen molar-refractivity contribution in [3.05, 3.63) is 10.5 Å². The molecule has 0 aliphatic rings. The first-order valence-electron chi connectivity index (χ1n) is 3.85. The molecule has 0 saturated heterocycles. The summed E-state index contributed by atoms with van der Waals surface area (Å²) in [5, 5.41) is 8.64. The minimum Gasteiger partial charge on any atom is -0.612 e. The molecule has 0 spiro atoms. The molecule has 0 aromatic heterocycles. The molecule has 1 unspecified atom stereocenters. The fraction of sp³-hybridized carbons (Fsp3) is 0.625. The predicted molar refractivity (Wildman–Crippen MR) is 49.3 cm³/mol. The fourth-order valence-electron chi connectivity index (χ4n) is 0.890. The van der Waals surface area contributed by atoms with E-state index in [-0.39, 0.29) is 5.57 Å². The Morgan fingerprint density at radius 3 is 2.25 bits per heavy atom. The number of hydrogen-bond acceptors (Lipinski definition) is 2. The summed E-state index contributed by atoms with van der Waals surface area (Å²) in [4.78, 5) is 11.1. The predicted octanol–water partition coefficient (Wildman–Crippen LogP) is 1.52. The minimum absolute atomic E-state index is 0.220. The van der Waals surface area contributed by atoms with E-state index >= 15 is 0 Å². The molecule has 0 rings (SSSR count). The van der Waals surface area contributed by atoms with E-state index in [0.29, 0.717) is 17.1 Å². The highest BCUT2D eigenvalue weighted by atomic mass is 32.2. The smallest absolute Gasteiger partial charge is 0.336 e. The zero-order valence-corrected chi connectivity index (χ0v) is 8.40. The summed E-state index contributed by atoms with van der Waals surface area (Å²) in [5.74, 6) is -0.498. The normalized spacial score (nSPS) is 15.3. The van der Waals surface area contributed by atoms with Crippen LogP contribution in [0, 0.1) is 0 Å². The van der Waals surface area contributed by atoms with E-state index in [1.807, 2.05) is 6.92 Å². The van der Waals surface area contributed by atoms with Gasteiger partial charge in [-0.25, -0.2) is 4.79 Å². The summed E-state index contributed by atoms with van der Waals surface area (Å²) in [6.07, 6.45) is 0.540. The average Bonchev–Trinajstić information content (AvgIpc) is 2.05. The molecular formula is C8H14O3S. The summed E-state index contributed by atoms with van der Waals surface area (Å²) < 4.78 is 11.3. The standard InChI is InChI=1S/C8H14O3S/c1-4-7(12(11)5-2)6(3)8(9)10/h4-5H2,1-3H3,(H,9,10). The first-order valence-corrected chi connectivity index (χ1v) is 5.17. The Morgan fingerprint density at radius 1 is 1.50 bits per heavy atom. The van der Waals surface area contributed by atoms with Gasteiger partial charge in [-0.2, -0.15) is 0 Å². The van der Waals surface area contributed by atoms with Crippen molar-refractivity contribution in [1.82, 2.24) is 0 Å². The summed E-state index contributed by atoms with van der Waals surface area (Å²) >= 11 is -1.12. The maximum atomic E-state index is 11.3. The first kappa shape index (κ1) is 11.5. The van der Waals surface area contributed by atoms with E-state index in [9.17, 15) is 9.35 Å². The van der Waals surface area contributed by atoms with Gasteiger partial charge in [-0.3, -0.25) is 0 Å². The van der Waals surface area contributed by atoms with Crippen LogP contribution in [0.1, 0.15) is 27.2 Å². The number of hydrogen-bond donors (Lipinski definition) is 1. The third-order valence-corrected chi connectivity index (χ3v) is 3.27. The lowest BCUT2D eigenvalue weighted by molar-refractivity contribution is -0.132. The van der Waals surface area contributed by atoms with Crippen LogP contribution in [0.2, 0.25) is 0 Å². The lowest BCUT2D eigenvalue weighted by Gasteiger charge is -2.11. The zero-order valence-electron chi connectivity index (χ0n) is 7.59. The molecule has 0 saturated carbocycles. The average molecular weight is 190 g/mol. The molecule has 0 aliphatic carbocycles. The van der Waals surface area contributed by atoms with Gasteiger partial charge in [-0.15, -0.1) is 0 Å². The molecule has 3 nitrogen and oxygen atoms in total. The molecule has 0 amide bonds. The van der Waals surface area contributed by atoms with Crippen molar-refractivity contribution in [2.24, 2.45) is 0 Å². The first-order chi connectivity index (χ1) is 5.54. The molecule has 0 bridgehead atoms. The SMILES string of the molecule is CCC(=C(C)C(=O)O)[S+]([O-])CC. The second kappa shape index (κ2) is 5.22. The monoisotopic (exact) mass is 190 g/mol. The van der Waals surface area contributed by atoms with Gasteiger partial charge >= 0.3 is 5.97 Å². The number of carbonyl (C=O) groups is 1. The van der Waals surface area contributed by atoms with Crippen LogP contribution in [0.15, 0.2) is 10.5 Å². The molecule has 0 aliphatic heterocycles. The molecule has 12 heavy (non-hydrogen) atoms. The van der Waals surface area contributed by atoms with Gasteiger partial charge < -0.3 is 9.66 Å². The van der Waals surface area contributed by atoms with Gasteiger partial charge in [0, 0.05) is 6.42 Å². The Hall–Kier alpha value is -0.480. The Balaban J connectivity index is 4.72. The van der Waals surface area contributed by atoms with Crippen LogP contribution >= 0.6 is 0 Å². The minimum atomic E-state index is -1.12. The molecule has 0 heterocycles. The van der Waals surface area contributed by atoms with Crippen LogP contribution in [-0.2, 0) is 16.0 Å². The van der Waals surface area contributed by atoms with Crippen molar-refractivity contribution >= 4 is 17.1 Å². The van der Waals surface area contributed by atoms with Gasteiger partial charge in [0.05, 0.1) is 5.57 Å². The maximum absolute atomic E-state index is 11.3. The molecule has 4 heteroatoms. The van der Waals surface area contributed by atoms with E-state index in [4.69, 9.17) is 5.11 Å². The van der Waals surface area contributed by atoms with Crippen LogP contribution in [0.25, 0.3) is 0 Å². The van der Waals surface area contributed by atoms with Crippen LogP contribution in [0.3, 0.4) is 0 Å². The Bertz CT molecular complexity index is 198. The van der Waals surface area contributed by atoms with Gasteiger partial charge in [0.2, 0.25) is 0 Å². The number of allylic oxidation sites excluding steroid dienone is 1. The fourth-order valence-corrected chi connectivity index (χ4v) is 1.99. The lowest BCUT2D eigenvalue weighted by atomic mass is 10.2. The Kier molecular flexibility index (Phi) is 5.01. The lowest BCUT2D eigenvalue weighted by Crippen LogP contribution is -2.12. The largest absolute Gasteiger partial charge is 0.612 e. The van der Waals surface area contributed by atoms with Crippen molar-refractivity contribution in [3.63, 3.8) is 0 Å². The van der Waals surface area contributed by atoms with Crippen molar-refractivity contribution < 1.29 is 14.5 Å². The van der Waals surface area contributed by atoms with Crippen molar-refractivity contribution in [2.75, 3.05) is 5.75 Å². The van der Waals surface area contributed by atoms with E-state index in [0.717, 1.165) is 0 Å². The highest BCUT2D eigenvalue weighted by molar-refractivity contribution is 7.95. The number of carboxylic acid groups (broad SMARTS) is 1. The third-order valence-electron chi connectivity index (χ3n) is 1.60. The van der Waals surface area contributed by atoms with Gasteiger partial charge in [0.25, 0.3) is 0 Å². The maximum Gasteiger partial charge on any atom is 0.336 e. The van der Waals surface area contributed by atoms with Crippen molar-refractivity contribution in [3.8, 4) is 0 Å². The molecular weight excluding hydrogens is 176 g/mol. The van der Waals surface area contributed by atoms with Crippen LogP contribution in [-0.4, -0.2) is 21.4 Å². The molecule has 1 atom stereocenters. The Morgan fingerprint density at radius 2 is 2.00 bits per heavy atom. The number of rotatable bonds is 4. The summed E-state index contributed by atoms with van der Waals surface area (Å²) in [7, 11) is 0. The molecule has 1 N–H and O–H groups in total. The molecule has 0 fully saturated rings. The molecule has 70 valence electrons. The van der Waals surface area contributed by atoms with E-state index in [1.165, 1.54) is 6.92 Å². The van der Waals surface area contributed by atoms with Gasteiger partial charge in [0.15, 0.2) is 0 Å². The molecule has 0 radical (unpaired) electrons. The third kappa shape index (κ3) is 2.87. The van der Waals surface area contributed by atoms with Crippen LogP contribution < -0.4 is 0 Å². The molecule has 0 aromatic rings. The highest BCUT2D eigenvalue weighted by Crippen LogP contribution is 2.16. The Labute approximate surface area is 75.7 Å². The van der Waals surface area contributed by atoms with E-state index < -0.39 is 17.1 Å². The second-order valence-electron chi connectivity index (χ2n) is 2.34. The molecule has 0 aromatic carbocycles. The van der Waals surface area contributed by atoms with Gasteiger partial charge in [-0.1, -0.05) is 6.92 Å². The van der Waals surface area contributed by atoms with Gasteiger partial charge in [-0.05, 0) is 25.0 Å². The van der Waals surface area contributed by atoms with Crippen molar-refractivity contribution in [2.45, 2.75) is 27.2 Å². The van der Waals surface area contributed by atoms with Crippen molar-refractivity contribution in [1.29, 1.82) is 0 Å². The summed E-state index contributed by atoms with van der Waals surface area (Å²) in [6, 6.07) is 0. The number of aliphatic carboxylic acids is 1. The van der Waals surface area contributed by atoms with Crippen LogP contribution in [0.5, 0.6) is 0 Å². The second-order valence-corrected chi connectivity index (χ2v) is 4.10.